The maximum atomic E-state index is 9.55. The van der Waals surface area contributed by atoms with Crippen molar-refractivity contribution in [2.24, 2.45) is 0 Å². The van der Waals surface area contributed by atoms with Crippen molar-refractivity contribution in [2.75, 3.05) is 14.1 Å². The average Bonchev–Trinajstić information content (AvgIpc) is 3.05. The molecule has 1 aromatic heterocycles. The summed E-state index contributed by atoms with van der Waals surface area (Å²) in [6.07, 6.45) is 2.04. The number of nitrogens with zero attached hydrogens (tertiary/aromatic N) is 1. The summed E-state index contributed by atoms with van der Waals surface area (Å²) < 4.78 is 12.4. The quantitative estimate of drug-likeness (QED) is 0.570. The molecular weight excluding hydrogens is 410 g/mol. The van der Waals surface area contributed by atoms with Crippen LogP contribution in [0.5, 0.6) is 5.75 Å². The van der Waals surface area contributed by atoms with Crippen molar-refractivity contribution >= 4 is 28.5 Å². The topological polar surface area (TPSA) is 100 Å². The largest absolute Gasteiger partial charge is 0.488 e. The predicted octanol–water partition coefficient (Wildman–Crippen LogP) is 4.77. The normalized spacial score (nSPS) is 13.8. The lowest BCUT2D eigenvalue weighted by molar-refractivity contribution is -0.134. The van der Waals surface area contributed by atoms with E-state index in [1.807, 2.05) is 30.3 Å². The van der Waals surface area contributed by atoms with Crippen molar-refractivity contribution in [1.29, 1.82) is 0 Å². The molecule has 1 aliphatic rings. The first kappa shape index (κ1) is 22.7. The van der Waals surface area contributed by atoms with E-state index in [0.29, 0.717) is 18.8 Å². The fourth-order valence-electron chi connectivity index (χ4n) is 3.66. The molecular formula is C25H25NO6. The van der Waals surface area contributed by atoms with Gasteiger partial charge in [-0.3, -0.25) is 0 Å². The van der Waals surface area contributed by atoms with Crippen molar-refractivity contribution in [3.05, 3.63) is 83.3 Å². The molecule has 2 heterocycles. The number of hydrogen-bond donors (Lipinski definition) is 2. The third kappa shape index (κ3) is 4.83. The molecule has 0 unspecified atom stereocenters. The minimum atomic E-state index is -1.26. The van der Waals surface area contributed by atoms with Gasteiger partial charge in [-0.25, -0.2) is 9.59 Å². The van der Waals surface area contributed by atoms with Gasteiger partial charge in [0.15, 0.2) is 0 Å². The molecule has 0 saturated heterocycles. The second kappa shape index (κ2) is 9.87. The van der Waals surface area contributed by atoms with Crippen molar-refractivity contribution < 1.29 is 29.0 Å². The van der Waals surface area contributed by atoms with Crippen LogP contribution in [0.4, 0.5) is 0 Å². The number of ether oxygens (including phenoxy) is 1. The number of hydrogen-bond acceptors (Lipinski definition) is 5. The molecule has 0 saturated carbocycles. The van der Waals surface area contributed by atoms with Crippen molar-refractivity contribution in [3.63, 3.8) is 0 Å². The van der Waals surface area contributed by atoms with Gasteiger partial charge >= 0.3 is 11.9 Å². The highest BCUT2D eigenvalue weighted by Crippen LogP contribution is 2.43. The molecule has 3 aromatic rings. The van der Waals surface area contributed by atoms with Gasteiger partial charge in [0.2, 0.25) is 0 Å². The number of rotatable bonds is 4. The molecule has 0 amide bonds. The number of carbonyl (C=O) groups is 2. The molecule has 0 atom stereocenters. The Morgan fingerprint density at radius 1 is 1.00 bits per heavy atom. The zero-order valence-electron chi connectivity index (χ0n) is 18.2. The standard InChI is InChI=1S/C21H21NO2.C4H4O4/c1-4-17(22(2)3)20-15-10-6-7-11-18(15)23-13-16-14-9-5-8-12-19(14)24-21(16)20;5-3(6)1-2-4(7)8/h5-12H,4,13H2,1-3H3;1-2H,(H,5,6)(H,7,8). The number of fused-ring (bicyclic) bond motifs is 4. The van der Waals surface area contributed by atoms with E-state index < -0.39 is 11.9 Å². The first-order valence-corrected chi connectivity index (χ1v) is 10.1. The third-order valence-corrected chi connectivity index (χ3v) is 4.99. The van der Waals surface area contributed by atoms with Crippen LogP contribution in [-0.2, 0) is 16.2 Å². The number of carboxylic acids is 2. The van der Waals surface area contributed by atoms with Crippen molar-refractivity contribution in [2.45, 2.75) is 20.0 Å². The molecule has 1 aliphatic heterocycles. The fraction of sp³-hybridized carbons (Fsp3) is 0.200. The Hall–Kier alpha value is -4.00. The molecule has 7 nitrogen and oxygen atoms in total. The number of allylic oxidation sites excluding steroid dienone is 1. The highest BCUT2D eigenvalue weighted by Gasteiger charge is 2.27. The molecule has 32 heavy (non-hydrogen) atoms. The number of benzene rings is 2. The van der Waals surface area contributed by atoms with Gasteiger partial charge in [0.1, 0.15) is 23.7 Å². The van der Waals surface area contributed by atoms with Gasteiger partial charge in [-0.15, -0.1) is 0 Å². The van der Waals surface area contributed by atoms with Crippen molar-refractivity contribution in [3.8, 4) is 5.75 Å². The number of carboxylic acid groups (broad SMARTS) is 2. The lowest BCUT2D eigenvalue weighted by Gasteiger charge is -2.21. The van der Waals surface area contributed by atoms with Gasteiger partial charge in [-0.05, 0) is 18.6 Å². The Balaban J connectivity index is 0.000000312. The first-order chi connectivity index (χ1) is 15.3. The van der Waals surface area contributed by atoms with Gasteiger partial charge in [-0.2, -0.15) is 0 Å². The van der Waals surface area contributed by atoms with Gasteiger partial charge in [0.05, 0.1) is 0 Å². The summed E-state index contributed by atoms with van der Waals surface area (Å²) in [6.45, 7) is 2.70. The minimum absolute atomic E-state index is 0.525. The Morgan fingerprint density at radius 2 is 1.62 bits per heavy atom. The number of aliphatic carboxylic acids is 2. The van der Waals surface area contributed by atoms with Crippen LogP contribution in [0.15, 0.2) is 70.8 Å². The highest BCUT2D eigenvalue weighted by molar-refractivity contribution is 5.93. The smallest absolute Gasteiger partial charge is 0.328 e. The molecule has 2 N–H and O–H groups in total. The summed E-state index contributed by atoms with van der Waals surface area (Å²) in [5, 5.41) is 16.8. The van der Waals surface area contributed by atoms with E-state index in [9.17, 15) is 9.59 Å². The van der Waals surface area contributed by atoms with E-state index in [1.54, 1.807) is 0 Å². The van der Waals surface area contributed by atoms with Gasteiger partial charge < -0.3 is 24.3 Å². The molecule has 0 spiro atoms. The van der Waals surface area contributed by atoms with Gasteiger partial charge in [0, 0.05) is 54.0 Å². The van der Waals surface area contributed by atoms with E-state index in [2.05, 4.69) is 44.1 Å². The lowest BCUT2D eigenvalue weighted by Crippen LogP contribution is -2.13. The Bertz CT molecular complexity index is 1190. The summed E-state index contributed by atoms with van der Waals surface area (Å²) in [7, 11) is 4.17. The molecule has 0 fully saturated rings. The SMILES string of the molecule is CCC(=C1c2ccccc2OCc2c1oc1ccccc21)N(C)C.O=C(O)C=CC(=O)O. The van der Waals surface area contributed by atoms with Crippen LogP contribution in [-0.4, -0.2) is 41.1 Å². The summed E-state index contributed by atoms with van der Waals surface area (Å²) in [5.41, 5.74) is 5.53. The molecule has 0 aliphatic carbocycles. The van der Waals surface area contributed by atoms with Crippen LogP contribution < -0.4 is 4.74 Å². The van der Waals surface area contributed by atoms with Crippen molar-refractivity contribution in [1.82, 2.24) is 4.90 Å². The lowest BCUT2D eigenvalue weighted by atomic mass is 9.96. The molecule has 2 aromatic carbocycles. The van der Waals surface area contributed by atoms with Gasteiger partial charge in [-0.1, -0.05) is 43.3 Å². The second-order valence-corrected chi connectivity index (χ2v) is 7.27. The predicted molar refractivity (Wildman–Crippen MR) is 121 cm³/mol. The summed E-state index contributed by atoms with van der Waals surface area (Å²) in [5.74, 6) is -0.665. The van der Waals surface area contributed by atoms with E-state index in [4.69, 9.17) is 19.4 Å². The van der Waals surface area contributed by atoms with E-state index in [1.165, 1.54) is 5.70 Å². The minimum Gasteiger partial charge on any atom is -0.488 e. The highest BCUT2D eigenvalue weighted by atomic mass is 16.5. The van der Waals surface area contributed by atoms with Gasteiger partial charge in [0.25, 0.3) is 0 Å². The number of furan rings is 1. The zero-order valence-corrected chi connectivity index (χ0v) is 18.2. The van der Waals surface area contributed by atoms with Crippen LogP contribution in [0.1, 0.15) is 30.2 Å². The molecule has 4 rings (SSSR count). The van der Waals surface area contributed by atoms with E-state index in [0.717, 1.165) is 45.6 Å². The van der Waals surface area contributed by atoms with E-state index >= 15 is 0 Å². The van der Waals surface area contributed by atoms with Crippen LogP contribution in [0, 0.1) is 0 Å². The zero-order chi connectivity index (χ0) is 23.3. The second-order valence-electron chi connectivity index (χ2n) is 7.27. The Morgan fingerprint density at radius 3 is 2.25 bits per heavy atom. The fourth-order valence-corrected chi connectivity index (χ4v) is 3.66. The van der Waals surface area contributed by atoms with Crippen LogP contribution in [0.2, 0.25) is 0 Å². The Labute approximate surface area is 185 Å². The molecule has 7 heteroatoms. The number of para-hydroxylation sites is 2. The monoisotopic (exact) mass is 435 g/mol. The molecule has 166 valence electrons. The third-order valence-electron chi connectivity index (χ3n) is 4.99. The Kier molecular flexibility index (Phi) is 7.00. The summed E-state index contributed by atoms with van der Waals surface area (Å²) >= 11 is 0. The maximum Gasteiger partial charge on any atom is 0.328 e. The average molecular weight is 435 g/mol. The first-order valence-electron chi connectivity index (χ1n) is 10.1. The maximum absolute atomic E-state index is 9.55. The van der Waals surface area contributed by atoms with E-state index in [-0.39, 0.29) is 0 Å². The van der Waals surface area contributed by atoms with Crippen LogP contribution >= 0.6 is 0 Å². The molecule has 0 bridgehead atoms. The molecule has 0 radical (unpaired) electrons. The van der Waals surface area contributed by atoms with Crippen LogP contribution in [0.3, 0.4) is 0 Å². The van der Waals surface area contributed by atoms with Crippen LogP contribution in [0.25, 0.3) is 16.5 Å². The summed E-state index contributed by atoms with van der Waals surface area (Å²) in [4.78, 5) is 21.3. The summed E-state index contributed by atoms with van der Waals surface area (Å²) in [6, 6.07) is 16.4.